The summed E-state index contributed by atoms with van der Waals surface area (Å²) in [6, 6.07) is 21.2. The topological polar surface area (TPSA) is 38.5 Å². The van der Waals surface area contributed by atoms with Gasteiger partial charge in [-0.05, 0) is 43.8 Å². The van der Waals surface area contributed by atoms with E-state index in [9.17, 15) is 0 Å². The number of benzene rings is 2. The summed E-state index contributed by atoms with van der Waals surface area (Å²) in [4.78, 5) is 4.65. The average Bonchev–Trinajstić information content (AvgIpc) is 3.11. The highest BCUT2D eigenvalue weighted by Gasteiger charge is 2.22. The lowest BCUT2D eigenvalue weighted by Gasteiger charge is -2.27. The van der Waals surface area contributed by atoms with Gasteiger partial charge >= 0.3 is 0 Å². The molecule has 0 spiro atoms. The van der Waals surface area contributed by atoms with Crippen molar-refractivity contribution in [2.45, 2.75) is 33.1 Å². The van der Waals surface area contributed by atoms with Gasteiger partial charge in [-0.25, -0.2) is 4.68 Å². The lowest BCUT2D eigenvalue weighted by molar-refractivity contribution is 0.121. The lowest BCUT2D eigenvalue weighted by Crippen LogP contribution is -2.38. The van der Waals surface area contributed by atoms with Crippen LogP contribution in [0.1, 0.15) is 19.4 Å². The molecule has 0 unspecified atom stereocenters. The summed E-state index contributed by atoms with van der Waals surface area (Å²) in [6.07, 6.45) is 0. The first-order chi connectivity index (χ1) is 14.6. The van der Waals surface area contributed by atoms with Crippen LogP contribution in [0.15, 0.2) is 60.7 Å². The van der Waals surface area contributed by atoms with Crippen molar-refractivity contribution in [1.29, 1.82) is 0 Å². The van der Waals surface area contributed by atoms with Crippen LogP contribution in [0.4, 0.5) is 5.95 Å². The van der Waals surface area contributed by atoms with Crippen LogP contribution in [0.2, 0.25) is 0 Å². The van der Waals surface area contributed by atoms with Gasteiger partial charge in [0.2, 0.25) is 10.7 Å². The van der Waals surface area contributed by atoms with Gasteiger partial charge < -0.3 is 9.64 Å². The first kappa shape index (κ1) is 20.8. The van der Waals surface area contributed by atoms with Crippen molar-refractivity contribution in [1.82, 2.24) is 19.2 Å². The second-order valence-electron chi connectivity index (χ2n) is 7.82. The average molecular weight is 424 g/mol. The van der Waals surface area contributed by atoms with E-state index < -0.39 is 0 Å². The van der Waals surface area contributed by atoms with Gasteiger partial charge in [0.1, 0.15) is 0 Å². The smallest absolute Gasteiger partial charge is 0.230 e. The summed E-state index contributed by atoms with van der Waals surface area (Å²) in [7, 11) is 0. The van der Waals surface area contributed by atoms with E-state index >= 15 is 0 Å². The molecule has 0 amide bonds. The van der Waals surface area contributed by atoms with Crippen molar-refractivity contribution in [3.05, 3.63) is 71.0 Å². The zero-order valence-electron chi connectivity index (χ0n) is 17.6. The molecule has 2 aromatic carbocycles. The molecule has 158 valence electrons. The predicted molar refractivity (Wildman–Crippen MR) is 123 cm³/mol. The number of ether oxygens (including phenoxy) is 1. The maximum absolute atomic E-state index is 5.91. The number of aromatic nitrogens is 3. The van der Waals surface area contributed by atoms with E-state index in [-0.39, 0.29) is 0 Å². The Hall–Kier alpha value is -2.48. The summed E-state index contributed by atoms with van der Waals surface area (Å²) in [5.74, 6) is 0.887. The van der Waals surface area contributed by atoms with Crippen molar-refractivity contribution in [3.63, 3.8) is 0 Å². The third-order valence-corrected chi connectivity index (χ3v) is 5.80. The molecule has 1 aliphatic heterocycles. The lowest BCUT2D eigenvalue weighted by atomic mass is 10.2. The molecule has 1 aromatic heterocycles. The van der Waals surface area contributed by atoms with Crippen molar-refractivity contribution in [2.75, 3.05) is 31.2 Å². The highest BCUT2D eigenvalue weighted by Crippen LogP contribution is 2.22. The number of para-hydroxylation sites is 1. The Morgan fingerprint density at radius 1 is 1.00 bits per heavy atom. The zero-order valence-corrected chi connectivity index (χ0v) is 18.5. The number of anilines is 1. The van der Waals surface area contributed by atoms with Gasteiger partial charge in [0, 0.05) is 25.7 Å². The Labute approximate surface area is 183 Å². The van der Waals surface area contributed by atoms with E-state index in [1.54, 1.807) is 0 Å². The summed E-state index contributed by atoms with van der Waals surface area (Å²) in [5.41, 5.74) is 2.32. The summed E-state index contributed by atoms with van der Waals surface area (Å²) >= 11 is 5.91. The second-order valence-corrected chi connectivity index (χ2v) is 8.19. The Kier molecular flexibility index (Phi) is 6.62. The fourth-order valence-electron chi connectivity index (χ4n) is 3.65. The normalized spacial score (nSPS) is 14.6. The molecule has 0 N–H and O–H groups in total. The summed E-state index contributed by atoms with van der Waals surface area (Å²) < 4.78 is 10.3. The molecule has 3 aromatic rings. The Balaban J connectivity index is 1.69. The van der Waals surface area contributed by atoms with Crippen molar-refractivity contribution in [2.24, 2.45) is 0 Å². The van der Waals surface area contributed by atoms with Crippen molar-refractivity contribution in [3.8, 4) is 5.69 Å². The monoisotopic (exact) mass is 423 g/mol. The summed E-state index contributed by atoms with van der Waals surface area (Å²) in [5, 5.41) is 4.98. The Morgan fingerprint density at radius 2 is 1.63 bits per heavy atom. The predicted octanol–water partition coefficient (Wildman–Crippen LogP) is 4.11. The maximum Gasteiger partial charge on any atom is 0.230 e. The molecule has 0 bridgehead atoms. The molecule has 0 aliphatic carbocycles. The molecule has 2 heterocycles. The number of hydrogen-bond donors (Lipinski definition) is 0. The second kappa shape index (κ2) is 9.55. The minimum absolute atomic E-state index is 0.362. The van der Waals surface area contributed by atoms with Crippen LogP contribution >= 0.6 is 12.2 Å². The molecular weight excluding hydrogens is 394 g/mol. The van der Waals surface area contributed by atoms with Crippen LogP contribution in [-0.4, -0.2) is 51.6 Å². The van der Waals surface area contributed by atoms with E-state index in [4.69, 9.17) is 22.1 Å². The molecule has 0 saturated carbocycles. The van der Waals surface area contributed by atoms with Gasteiger partial charge in [0.15, 0.2) is 0 Å². The fourth-order valence-corrected chi connectivity index (χ4v) is 3.93. The van der Waals surface area contributed by atoms with Crippen LogP contribution in [-0.2, 0) is 18.0 Å². The number of morpholine rings is 1. The standard InChI is InChI=1S/C23H29N5OS/c1-19(2)26(17-20-9-5-3-6-10-20)18-27-23(30)28(21-11-7-4-8-12-21)22(24-27)25-13-15-29-16-14-25/h3-12,19H,13-18H2,1-2H3. The summed E-state index contributed by atoms with van der Waals surface area (Å²) in [6.45, 7) is 8.97. The van der Waals surface area contributed by atoms with E-state index in [0.717, 1.165) is 31.3 Å². The number of hydrogen-bond acceptors (Lipinski definition) is 5. The molecule has 6 nitrogen and oxygen atoms in total. The zero-order chi connectivity index (χ0) is 20.9. The molecule has 1 saturated heterocycles. The number of nitrogens with zero attached hydrogens (tertiary/aromatic N) is 5. The molecule has 30 heavy (non-hydrogen) atoms. The van der Waals surface area contributed by atoms with Crippen LogP contribution in [0, 0.1) is 4.77 Å². The molecule has 0 atom stereocenters. The van der Waals surface area contributed by atoms with Gasteiger partial charge in [-0.15, -0.1) is 5.10 Å². The first-order valence-electron chi connectivity index (χ1n) is 10.5. The third kappa shape index (κ3) is 4.64. The van der Waals surface area contributed by atoms with Crippen LogP contribution in [0.3, 0.4) is 0 Å². The van der Waals surface area contributed by atoms with E-state index in [1.807, 2.05) is 22.9 Å². The van der Waals surface area contributed by atoms with Gasteiger partial charge in [0.25, 0.3) is 0 Å². The van der Waals surface area contributed by atoms with E-state index in [2.05, 4.69) is 70.7 Å². The Bertz CT molecular complexity index is 993. The highest BCUT2D eigenvalue weighted by atomic mass is 32.1. The fraction of sp³-hybridized carbons (Fsp3) is 0.391. The largest absolute Gasteiger partial charge is 0.378 e. The molecule has 4 rings (SSSR count). The van der Waals surface area contributed by atoms with Crippen LogP contribution in [0.25, 0.3) is 5.69 Å². The minimum atomic E-state index is 0.362. The maximum atomic E-state index is 5.91. The van der Waals surface area contributed by atoms with Crippen molar-refractivity contribution >= 4 is 18.2 Å². The van der Waals surface area contributed by atoms with E-state index in [0.29, 0.717) is 30.7 Å². The highest BCUT2D eigenvalue weighted by molar-refractivity contribution is 7.71. The van der Waals surface area contributed by atoms with E-state index in [1.165, 1.54) is 5.56 Å². The molecule has 1 aliphatic rings. The molecule has 7 heteroatoms. The van der Waals surface area contributed by atoms with Gasteiger partial charge in [-0.1, -0.05) is 48.5 Å². The minimum Gasteiger partial charge on any atom is -0.378 e. The number of rotatable bonds is 7. The van der Waals surface area contributed by atoms with Gasteiger partial charge in [-0.3, -0.25) is 9.47 Å². The van der Waals surface area contributed by atoms with Crippen LogP contribution in [0.5, 0.6) is 0 Å². The van der Waals surface area contributed by atoms with Gasteiger partial charge in [-0.2, -0.15) is 0 Å². The molecule has 1 fully saturated rings. The van der Waals surface area contributed by atoms with Gasteiger partial charge in [0.05, 0.1) is 25.6 Å². The van der Waals surface area contributed by atoms with Crippen molar-refractivity contribution < 1.29 is 4.74 Å². The Morgan fingerprint density at radius 3 is 2.27 bits per heavy atom. The third-order valence-electron chi connectivity index (χ3n) is 5.40. The van der Waals surface area contributed by atoms with Crippen LogP contribution < -0.4 is 4.90 Å². The molecule has 0 radical (unpaired) electrons. The quantitative estimate of drug-likeness (QED) is 0.535. The first-order valence-corrected chi connectivity index (χ1v) is 10.9. The SMILES string of the molecule is CC(C)N(Cc1ccccc1)Cn1nc(N2CCOCC2)n(-c2ccccc2)c1=S. The molecular formula is C23H29N5OS.